The van der Waals surface area contributed by atoms with E-state index >= 15 is 0 Å². The van der Waals surface area contributed by atoms with Crippen molar-refractivity contribution < 1.29 is 4.79 Å². The minimum atomic E-state index is 0.0122. The van der Waals surface area contributed by atoms with Crippen LogP contribution in [0.1, 0.15) is 52.9 Å². The fourth-order valence-electron chi connectivity index (χ4n) is 2.78. The van der Waals surface area contributed by atoms with Crippen molar-refractivity contribution in [1.29, 1.82) is 0 Å². The van der Waals surface area contributed by atoms with Crippen molar-refractivity contribution in [2.45, 2.75) is 71.1 Å². The van der Waals surface area contributed by atoms with Crippen molar-refractivity contribution in [2.24, 2.45) is 5.92 Å². The molecule has 1 amide bonds. The van der Waals surface area contributed by atoms with E-state index in [1.165, 1.54) is 19.3 Å². The minimum Gasteiger partial charge on any atom is -0.323 e. The number of rotatable bonds is 5. The van der Waals surface area contributed by atoms with Crippen LogP contribution in [0.4, 0.5) is 0 Å². The molecule has 3 atom stereocenters. The lowest BCUT2D eigenvalue weighted by Crippen LogP contribution is -2.44. The molecule has 0 aromatic carbocycles. The SMILES string of the molecule is CCC(CC1CC1)N1C(=O)C(C)NC1CC. The maximum Gasteiger partial charge on any atom is 0.240 e. The van der Waals surface area contributed by atoms with Crippen LogP contribution < -0.4 is 5.32 Å². The quantitative estimate of drug-likeness (QED) is 0.776. The monoisotopic (exact) mass is 224 g/mol. The lowest BCUT2D eigenvalue weighted by Gasteiger charge is -2.32. The van der Waals surface area contributed by atoms with Gasteiger partial charge >= 0.3 is 0 Å². The van der Waals surface area contributed by atoms with Gasteiger partial charge in [0.1, 0.15) is 0 Å². The second-order valence-corrected chi connectivity index (χ2v) is 5.30. The molecule has 1 saturated heterocycles. The highest BCUT2D eigenvalue weighted by molar-refractivity contribution is 5.84. The maximum absolute atomic E-state index is 12.1. The molecule has 1 aliphatic carbocycles. The van der Waals surface area contributed by atoms with Gasteiger partial charge in [0.25, 0.3) is 0 Å². The molecule has 3 heteroatoms. The molecular formula is C13H24N2O. The molecule has 0 spiro atoms. The third-order valence-electron chi connectivity index (χ3n) is 3.96. The summed E-state index contributed by atoms with van der Waals surface area (Å²) in [5.74, 6) is 1.20. The lowest BCUT2D eigenvalue weighted by atomic mass is 10.0. The van der Waals surface area contributed by atoms with Crippen LogP contribution in [0.15, 0.2) is 0 Å². The molecule has 3 unspecified atom stereocenters. The van der Waals surface area contributed by atoms with E-state index in [4.69, 9.17) is 0 Å². The molecule has 1 N–H and O–H groups in total. The van der Waals surface area contributed by atoms with Crippen LogP contribution >= 0.6 is 0 Å². The topological polar surface area (TPSA) is 32.3 Å². The van der Waals surface area contributed by atoms with E-state index in [1.54, 1.807) is 0 Å². The van der Waals surface area contributed by atoms with Crippen molar-refractivity contribution in [2.75, 3.05) is 0 Å². The van der Waals surface area contributed by atoms with Gasteiger partial charge in [0.15, 0.2) is 0 Å². The van der Waals surface area contributed by atoms with Crippen LogP contribution in [0.3, 0.4) is 0 Å². The van der Waals surface area contributed by atoms with E-state index in [1.807, 2.05) is 6.92 Å². The molecule has 0 radical (unpaired) electrons. The van der Waals surface area contributed by atoms with Gasteiger partial charge < -0.3 is 4.90 Å². The molecule has 16 heavy (non-hydrogen) atoms. The van der Waals surface area contributed by atoms with E-state index in [-0.39, 0.29) is 12.2 Å². The van der Waals surface area contributed by atoms with Gasteiger partial charge in [0, 0.05) is 6.04 Å². The number of hydrogen-bond donors (Lipinski definition) is 1. The first-order valence-corrected chi connectivity index (χ1v) is 6.75. The predicted molar refractivity (Wildman–Crippen MR) is 64.9 cm³/mol. The summed E-state index contributed by atoms with van der Waals surface area (Å²) in [6, 6.07) is 0.473. The summed E-state index contributed by atoms with van der Waals surface area (Å²) in [6.45, 7) is 6.34. The van der Waals surface area contributed by atoms with Crippen molar-refractivity contribution in [3.8, 4) is 0 Å². The highest BCUT2D eigenvalue weighted by Gasteiger charge is 2.40. The van der Waals surface area contributed by atoms with E-state index in [0.29, 0.717) is 11.9 Å². The van der Waals surface area contributed by atoms with Crippen LogP contribution in [-0.2, 0) is 4.79 Å². The van der Waals surface area contributed by atoms with Gasteiger partial charge in [-0.15, -0.1) is 0 Å². The molecule has 0 aromatic heterocycles. The van der Waals surface area contributed by atoms with Crippen LogP contribution in [0.5, 0.6) is 0 Å². The van der Waals surface area contributed by atoms with Crippen LogP contribution in [-0.4, -0.2) is 29.1 Å². The molecule has 1 heterocycles. The van der Waals surface area contributed by atoms with Gasteiger partial charge in [-0.05, 0) is 32.1 Å². The summed E-state index contributed by atoms with van der Waals surface area (Å²) in [6.07, 6.45) is 6.33. The van der Waals surface area contributed by atoms with Gasteiger partial charge in [-0.1, -0.05) is 26.7 Å². The number of carbonyl (C=O) groups excluding carboxylic acids is 1. The van der Waals surface area contributed by atoms with Gasteiger partial charge in [0.05, 0.1) is 12.2 Å². The molecule has 1 saturated carbocycles. The van der Waals surface area contributed by atoms with Crippen molar-refractivity contribution >= 4 is 5.91 Å². The molecule has 2 rings (SSSR count). The van der Waals surface area contributed by atoms with Crippen molar-refractivity contribution in [3.05, 3.63) is 0 Å². The lowest BCUT2D eigenvalue weighted by molar-refractivity contribution is -0.132. The number of carbonyl (C=O) groups is 1. The number of amides is 1. The van der Waals surface area contributed by atoms with Gasteiger partial charge in [-0.3, -0.25) is 10.1 Å². The smallest absolute Gasteiger partial charge is 0.240 e. The Morgan fingerprint density at radius 2 is 2.12 bits per heavy atom. The Labute approximate surface area is 98.6 Å². The average molecular weight is 224 g/mol. The first kappa shape index (κ1) is 11.9. The number of nitrogens with one attached hydrogen (secondary N) is 1. The summed E-state index contributed by atoms with van der Waals surface area (Å²) in [5, 5.41) is 3.39. The highest BCUT2D eigenvalue weighted by atomic mass is 16.2. The third kappa shape index (κ3) is 2.24. The summed E-state index contributed by atoms with van der Waals surface area (Å²) in [7, 11) is 0. The van der Waals surface area contributed by atoms with Gasteiger partial charge in [-0.2, -0.15) is 0 Å². The zero-order valence-corrected chi connectivity index (χ0v) is 10.7. The largest absolute Gasteiger partial charge is 0.323 e. The molecule has 3 nitrogen and oxygen atoms in total. The maximum atomic E-state index is 12.1. The molecule has 92 valence electrons. The van der Waals surface area contributed by atoms with Crippen LogP contribution in [0.2, 0.25) is 0 Å². The normalized spacial score (nSPS) is 32.2. The van der Waals surface area contributed by atoms with Crippen LogP contribution in [0.25, 0.3) is 0 Å². The third-order valence-corrected chi connectivity index (χ3v) is 3.96. The zero-order valence-electron chi connectivity index (χ0n) is 10.7. The molecular weight excluding hydrogens is 200 g/mol. The molecule has 2 aliphatic rings. The average Bonchev–Trinajstić information content (AvgIpc) is 3.05. The standard InChI is InChI=1S/C13H24N2O/c1-4-11(8-10-6-7-10)15-12(5-2)14-9(3)13(15)16/h9-12,14H,4-8H2,1-3H3. The highest BCUT2D eigenvalue weighted by Crippen LogP contribution is 2.36. The molecule has 0 bridgehead atoms. The second kappa shape index (κ2) is 4.74. The first-order chi connectivity index (χ1) is 7.67. The van der Waals surface area contributed by atoms with Crippen LogP contribution in [0, 0.1) is 5.92 Å². The Hall–Kier alpha value is -0.570. The minimum absolute atomic E-state index is 0.0122. The Morgan fingerprint density at radius 3 is 2.62 bits per heavy atom. The van der Waals surface area contributed by atoms with Crippen molar-refractivity contribution in [1.82, 2.24) is 10.2 Å². The Bertz CT molecular complexity index is 263. The number of hydrogen-bond acceptors (Lipinski definition) is 2. The summed E-state index contributed by atoms with van der Waals surface area (Å²) in [4.78, 5) is 14.3. The summed E-state index contributed by atoms with van der Waals surface area (Å²) in [5.41, 5.74) is 0. The first-order valence-electron chi connectivity index (χ1n) is 6.75. The van der Waals surface area contributed by atoms with E-state index < -0.39 is 0 Å². The van der Waals surface area contributed by atoms with Crippen molar-refractivity contribution in [3.63, 3.8) is 0 Å². The molecule has 2 fully saturated rings. The summed E-state index contributed by atoms with van der Waals surface area (Å²) >= 11 is 0. The Kier molecular flexibility index (Phi) is 3.53. The van der Waals surface area contributed by atoms with Gasteiger partial charge in [0.2, 0.25) is 5.91 Å². The van der Waals surface area contributed by atoms with E-state index in [0.717, 1.165) is 18.8 Å². The fraction of sp³-hybridized carbons (Fsp3) is 0.923. The Balaban J connectivity index is 2.04. The van der Waals surface area contributed by atoms with E-state index in [2.05, 4.69) is 24.1 Å². The predicted octanol–water partition coefficient (Wildman–Crippen LogP) is 2.12. The van der Waals surface area contributed by atoms with E-state index in [9.17, 15) is 4.79 Å². The summed E-state index contributed by atoms with van der Waals surface area (Å²) < 4.78 is 0. The fourth-order valence-corrected chi connectivity index (χ4v) is 2.78. The Morgan fingerprint density at radius 1 is 1.44 bits per heavy atom. The number of nitrogens with zero attached hydrogens (tertiary/aromatic N) is 1. The second-order valence-electron chi connectivity index (χ2n) is 5.30. The molecule has 0 aromatic rings. The van der Waals surface area contributed by atoms with Gasteiger partial charge in [-0.25, -0.2) is 0 Å². The molecule has 1 aliphatic heterocycles. The zero-order chi connectivity index (χ0) is 11.7.